The minimum atomic E-state index is -0.855. The summed E-state index contributed by atoms with van der Waals surface area (Å²) >= 11 is 0. The predicted octanol–water partition coefficient (Wildman–Crippen LogP) is 0.646. The van der Waals surface area contributed by atoms with E-state index in [9.17, 15) is 4.79 Å². The molecule has 0 aromatic carbocycles. The summed E-state index contributed by atoms with van der Waals surface area (Å²) in [6.45, 7) is 7.08. The fraction of sp³-hybridized carbons (Fsp3) is 0.750. The number of anilines is 1. The van der Waals surface area contributed by atoms with Gasteiger partial charge in [-0.3, -0.25) is 4.79 Å². The van der Waals surface area contributed by atoms with Crippen molar-refractivity contribution in [2.45, 2.75) is 19.8 Å². The van der Waals surface area contributed by atoms with Gasteiger partial charge in [-0.2, -0.15) is 4.98 Å². The Labute approximate surface area is 112 Å². The normalized spacial score (nSPS) is 20.3. The van der Waals surface area contributed by atoms with Crippen LogP contribution in [0.2, 0.25) is 0 Å². The van der Waals surface area contributed by atoms with Gasteiger partial charge >= 0.3 is 5.97 Å². The van der Waals surface area contributed by atoms with Crippen molar-refractivity contribution in [2.75, 3.05) is 38.1 Å². The lowest BCUT2D eigenvalue weighted by Gasteiger charge is -2.31. The first-order valence-electron chi connectivity index (χ1n) is 6.49. The summed E-state index contributed by atoms with van der Waals surface area (Å²) in [6, 6.07) is 0. The fourth-order valence-corrected chi connectivity index (χ4v) is 1.97. The molecule has 1 aromatic heterocycles. The highest BCUT2D eigenvalue weighted by Gasteiger charge is 2.27. The zero-order valence-electron chi connectivity index (χ0n) is 11.5. The van der Waals surface area contributed by atoms with Gasteiger partial charge in [0.2, 0.25) is 5.89 Å². The van der Waals surface area contributed by atoms with E-state index in [4.69, 9.17) is 9.63 Å². The second kappa shape index (κ2) is 5.56. The van der Waals surface area contributed by atoms with Crippen molar-refractivity contribution < 1.29 is 14.4 Å². The van der Waals surface area contributed by atoms with Crippen LogP contribution in [0.15, 0.2) is 4.52 Å². The SMILES string of the molecule is CC(C(=O)O)C(C)c1nc(N2CCN(C)CC2)no1. The molecule has 19 heavy (non-hydrogen) atoms. The number of aliphatic carboxylic acids is 1. The van der Waals surface area contributed by atoms with Gasteiger partial charge in [0.25, 0.3) is 5.95 Å². The van der Waals surface area contributed by atoms with Crippen molar-refractivity contribution in [1.82, 2.24) is 15.0 Å². The average Bonchev–Trinajstić information content (AvgIpc) is 2.87. The highest BCUT2D eigenvalue weighted by molar-refractivity contribution is 5.70. The molecule has 0 aliphatic carbocycles. The van der Waals surface area contributed by atoms with E-state index < -0.39 is 11.9 Å². The Balaban J connectivity index is 2.04. The number of nitrogens with zero attached hydrogens (tertiary/aromatic N) is 4. The molecule has 1 fully saturated rings. The molecule has 0 saturated carbocycles. The van der Waals surface area contributed by atoms with Crippen molar-refractivity contribution in [3.63, 3.8) is 0 Å². The first-order valence-corrected chi connectivity index (χ1v) is 6.49. The van der Waals surface area contributed by atoms with Crippen LogP contribution < -0.4 is 4.90 Å². The molecular formula is C12H20N4O3. The second-order valence-electron chi connectivity index (χ2n) is 5.14. The van der Waals surface area contributed by atoms with Gasteiger partial charge in [-0.1, -0.05) is 13.8 Å². The smallest absolute Gasteiger partial charge is 0.307 e. The zero-order chi connectivity index (χ0) is 14.0. The van der Waals surface area contributed by atoms with Crippen LogP contribution in [0.4, 0.5) is 5.95 Å². The lowest BCUT2D eigenvalue weighted by atomic mass is 9.96. The molecule has 1 saturated heterocycles. The van der Waals surface area contributed by atoms with Crippen molar-refractivity contribution >= 4 is 11.9 Å². The van der Waals surface area contributed by atoms with Crippen LogP contribution in [0.5, 0.6) is 0 Å². The third-order valence-corrected chi connectivity index (χ3v) is 3.75. The lowest BCUT2D eigenvalue weighted by Crippen LogP contribution is -2.44. The summed E-state index contributed by atoms with van der Waals surface area (Å²) in [5.41, 5.74) is 0. The number of carbonyl (C=O) groups is 1. The lowest BCUT2D eigenvalue weighted by molar-refractivity contribution is -0.141. The van der Waals surface area contributed by atoms with E-state index in [0.717, 1.165) is 26.2 Å². The molecule has 2 rings (SSSR count). The second-order valence-corrected chi connectivity index (χ2v) is 5.14. The number of carboxylic acid groups (broad SMARTS) is 1. The third kappa shape index (κ3) is 3.04. The maximum absolute atomic E-state index is 11.0. The Kier molecular flexibility index (Phi) is 4.04. The number of carboxylic acids is 1. The van der Waals surface area contributed by atoms with E-state index in [2.05, 4.69) is 27.0 Å². The van der Waals surface area contributed by atoms with Gasteiger partial charge in [0.15, 0.2) is 0 Å². The topological polar surface area (TPSA) is 82.7 Å². The van der Waals surface area contributed by atoms with Gasteiger partial charge in [0, 0.05) is 32.1 Å². The Hall–Kier alpha value is -1.63. The van der Waals surface area contributed by atoms with Crippen molar-refractivity contribution in [2.24, 2.45) is 5.92 Å². The van der Waals surface area contributed by atoms with E-state index >= 15 is 0 Å². The van der Waals surface area contributed by atoms with Gasteiger partial charge in [-0.15, -0.1) is 0 Å². The third-order valence-electron chi connectivity index (χ3n) is 3.75. The first kappa shape index (κ1) is 13.8. The molecule has 0 radical (unpaired) electrons. The van der Waals surface area contributed by atoms with Crippen LogP contribution in [0.25, 0.3) is 0 Å². The van der Waals surface area contributed by atoms with E-state index in [0.29, 0.717) is 11.8 Å². The molecule has 0 amide bonds. The van der Waals surface area contributed by atoms with E-state index in [1.165, 1.54) is 0 Å². The Bertz CT molecular complexity index is 440. The Morgan fingerprint density at radius 2 is 1.95 bits per heavy atom. The molecular weight excluding hydrogens is 248 g/mol. The number of aromatic nitrogens is 2. The summed E-state index contributed by atoms with van der Waals surface area (Å²) < 4.78 is 5.20. The molecule has 7 heteroatoms. The van der Waals surface area contributed by atoms with Crippen molar-refractivity contribution in [3.05, 3.63) is 5.89 Å². The number of likely N-dealkylation sites (N-methyl/N-ethyl adjacent to an activating group) is 1. The fourth-order valence-electron chi connectivity index (χ4n) is 1.97. The minimum absolute atomic E-state index is 0.286. The van der Waals surface area contributed by atoms with Crippen LogP contribution in [-0.2, 0) is 4.79 Å². The Morgan fingerprint density at radius 3 is 2.53 bits per heavy atom. The summed E-state index contributed by atoms with van der Waals surface area (Å²) in [5.74, 6) is -0.727. The molecule has 7 nitrogen and oxygen atoms in total. The number of rotatable bonds is 4. The number of hydrogen-bond acceptors (Lipinski definition) is 6. The van der Waals surface area contributed by atoms with E-state index in [1.807, 2.05) is 0 Å². The van der Waals surface area contributed by atoms with Gasteiger partial charge in [-0.05, 0) is 12.2 Å². The van der Waals surface area contributed by atoms with Gasteiger partial charge in [-0.25, -0.2) is 0 Å². The molecule has 1 aliphatic rings. The molecule has 0 bridgehead atoms. The maximum atomic E-state index is 11.0. The molecule has 2 heterocycles. The van der Waals surface area contributed by atoms with Crippen LogP contribution in [0.1, 0.15) is 25.7 Å². The minimum Gasteiger partial charge on any atom is -0.481 e. The first-order chi connectivity index (χ1) is 8.99. The van der Waals surface area contributed by atoms with Gasteiger partial charge in [0.1, 0.15) is 0 Å². The zero-order valence-corrected chi connectivity index (χ0v) is 11.5. The summed E-state index contributed by atoms with van der Waals surface area (Å²) in [5, 5.41) is 12.9. The van der Waals surface area contributed by atoms with Crippen LogP contribution >= 0.6 is 0 Å². The molecule has 0 spiro atoms. The van der Waals surface area contributed by atoms with Crippen molar-refractivity contribution in [1.29, 1.82) is 0 Å². The molecule has 1 N–H and O–H groups in total. The largest absolute Gasteiger partial charge is 0.481 e. The highest BCUT2D eigenvalue weighted by Crippen LogP contribution is 2.24. The highest BCUT2D eigenvalue weighted by atomic mass is 16.5. The summed E-state index contributed by atoms with van der Waals surface area (Å²) in [4.78, 5) is 19.6. The van der Waals surface area contributed by atoms with Crippen LogP contribution in [-0.4, -0.2) is 59.3 Å². The molecule has 106 valence electrons. The summed E-state index contributed by atoms with van der Waals surface area (Å²) in [7, 11) is 2.08. The van der Waals surface area contributed by atoms with Gasteiger partial charge < -0.3 is 19.4 Å². The number of hydrogen-bond donors (Lipinski definition) is 1. The quantitative estimate of drug-likeness (QED) is 0.858. The molecule has 1 aromatic rings. The maximum Gasteiger partial charge on any atom is 0.307 e. The standard InChI is InChI=1S/C12H20N4O3/c1-8(9(2)11(17)18)10-13-12(14-19-10)16-6-4-15(3)5-7-16/h8-9H,4-7H2,1-3H3,(H,17,18). The van der Waals surface area contributed by atoms with Crippen molar-refractivity contribution in [3.8, 4) is 0 Å². The predicted molar refractivity (Wildman–Crippen MR) is 69.2 cm³/mol. The van der Waals surface area contributed by atoms with Crippen LogP contribution in [0, 0.1) is 5.92 Å². The molecule has 2 unspecified atom stereocenters. The monoisotopic (exact) mass is 268 g/mol. The molecule has 2 atom stereocenters. The van der Waals surface area contributed by atoms with Gasteiger partial charge in [0.05, 0.1) is 5.92 Å². The van der Waals surface area contributed by atoms with Crippen LogP contribution in [0.3, 0.4) is 0 Å². The number of piperazine rings is 1. The molecule has 1 aliphatic heterocycles. The van der Waals surface area contributed by atoms with E-state index in [1.54, 1.807) is 13.8 Å². The summed E-state index contributed by atoms with van der Waals surface area (Å²) in [6.07, 6.45) is 0. The Morgan fingerprint density at radius 1 is 1.32 bits per heavy atom. The van der Waals surface area contributed by atoms with E-state index in [-0.39, 0.29) is 5.92 Å². The average molecular weight is 268 g/mol.